The molecule has 0 aromatic carbocycles. The van der Waals surface area contributed by atoms with Gasteiger partial charge in [-0.25, -0.2) is 0 Å². The van der Waals surface area contributed by atoms with E-state index in [1.54, 1.807) is 0 Å². The number of unbranched alkanes of at least 4 members (excludes halogenated alkanes) is 3. The molecule has 0 aromatic heterocycles. The molecule has 0 aromatic rings. The zero-order valence-electron chi connectivity index (χ0n) is 23.8. The van der Waals surface area contributed by atoms with Crippen LogP contribution in [-0.4, -0.2) is 37.4 Å². The van der Waals surface area contributed by atoms with Gasteiger partial charge in [0.15, 0.2) is 6.29 Å². The second-order valence-corrected chi connectivity index (χ2v) is 13.7. The van der Waals surface area contributed by atoms with Crippen LogP contribution in [0.5, 0.6) is 0 Å². The first-order chi connectivity index (χ1) is 18.1. The summed E-state index contributed by atoms with van der Waals surface area (Å²) in [7, 11) is 0. The van der Waals surface area contributed by atoms with Crippen LogP contribution >= 0.6 is 15.9 Å². The number of ether oxygens (including phenoxy) is 3. The Morgan fingerprint density at radius 1 is 0.703 bits per heavy atom. The van der Waals surface area contributed by atoms with Gasteiger partial charge in [0.05, 0.1) is 26.2 Å². The summed E-state index contributed by atoms with van der Waals surface area (Å²) >= 11 is 3.46. The number of carbonyl (C=O) groups excluding carboxylic acids is 1. The van der Waals surface area contributed by atoms with Gasteiger partial charge < -0.3 is 14.2 Å². The van der Waals surface area contributed by atoms with Crippen LogP contribution in [0.25, 0.3) is 0 Å². The predicted molar refractivity (Wildman–Crippen MR) is 154 cm³/mol. The highest BCUT2D eigenvalue weighted by atomic mass is 79.9. The van der Waals surface area contributed by atoms with Gasteiger partial charge in [-0.15, -0.1) is 0 Å². The van der Waals surface area contributed by atoms with Crippen molar-refractivity contribution in [3.05, 3.63) is 0 Å². The van der Waals surface area contributed by atoms with Crippen molar-refractivity contribution < 1.29 is 19.0 Å². The fourth-order valence-corrected chi connectivity index (χ4v) is 7.24. The molecule has 4 aliphatic rings. The number of hydrogen-bond acceptors (Lipinski definition) is 4. The van der Waals surface area contributed by atoms with E-state index in [9.17, 15) is 4.79 Å². The molecule has 0 heterocycles. The minimum atomic E-state index is -0.262. The lowest BCUT2D eigenvalue weighted by atomic mass is 10.1. The van der Waals surface area contributed by atoms with Gasteiger partial charge in [-0.1, -0.05) is 55.5 Å². The van der Waals surface area contributed by atoms with Crippen molar-refractivity contribution in [2.75, 3.05) is 25.2 Å². The molecule has 0 amide bonds. The minimum absolute atomic E-state index is 0.105. The van der Waals surface area contributed by atoms with Gasteiger partial charge >= 0.3 is 5.97 Å². The van der Waals surface area contributed by atoms with Crippen molar-refractivity contribution in [2.45, 2.75) is 123 Å². The van der Waals surface area contributed by atoms with Crippen molar-refractivity contribution in [3.8, 4) is 0 Å². The molecule has 0 bridgehead atoms. The Hall–Kier alpha value is -0.130. The summed E-state index contributed by atoms with van der Waals surface area (Å²) < 4.78 is 17.9. The van der Waals surface area contributed by atoms with Gasteiger partial charge in [0.2, 0.25) is 0 Å². The quantitative estimate of drug-likeness (QED) is 0.0523. The molecule has 0 spiro atoms. The normalized spacial score (nSPS) is 34.2. The van der Waals surface area contributed by atoms with Gasteiger partial charge in [-0.3, -0.25) is 4.79 Å². The van der Waals surface area contributed by atoms with Gasteiger partial charge in [-0.05, 0) is 112 Å². The maximum Gasteiger partial charge on any atom is 0.305 e. The molecule has 0 N–H and O–H groups in total. The molecule has 4 saturated carbocycles. The topological polar surface area (TPSA) is 44.8 Å². The summed E-state index contributed by atoms with van der Waals surface area (Å²) in [5.74, 6) is 7.58. The molecule has 4 rings (SSSR count). The van der Waals surface area contributed by atoms with Crippen LogP contribution in [0, 0.1) is 47.3 Å². The lowest BCUT2D eigenvalue weighted by molar-refractivity contribution is -0.160. The zero-order valence-corrected chi connectivity index (χ0v) is 25.4. The third-order valence-electron chi connectivity index (χ3n) is 10.00. The lowest BCUT2D eigenvalue weighted by Gasteiger charge is -2.19. The molecule has 5 heteroatoms. The molecule has 37 heavy (non-hydrogen) atoms. The number of rotatable bonds is 23. The van der Waals surface area contributed by atoms with Crippen LogP contribution in [0.3, 0.4) is 0 Å². The molecule has 214 valence electrons. The molecule has 0 radical (unpaired) electrons. The molecule has 4 aliphatic carbocycles. The standard InChI is InChI=1S/C32H55BrO4/c1-3-23-17-27(23)21-29-19-25(29)11-15-36-32(10-9-31(34)35-14-8-6-5-7-13-33)37-16-12-26-20-30(26)22-28-18-24(28)4-2/h23-30,32H,3-22H2,1-2H3. The largest absolute Gasteiger partial charge is 0.466 e. The Labute approximate surface area is 235 Å². The van der Waals surface area contributed by atoms with E-state index in [-0.39, 0.29) is 12.3 Å². The van der Waals surface area contributed by atoms with Crippen LogP contribution < -0.4 is 0 Å². The van der Waals surface area contributed by atoms with E-state index in [2.05, 4.69) is 29.8 Å². The summed E-state index contributed by atoms with van der Waals surface area (Å²) in [6.07, 6.45) is 18.9. The summed E-state index contributed by atoms with van der Waals surface area (Å²) in [5, 5.41) is 1.05. The third kappa shape index (κ3) is 11.1. The minimum Gasteiger partial charge on any atom is -0.466 e. The second kappa shape index (κ2) is 15.6. The Kier molecular flexibility index (Phi) is 12.6. The molecular formula is C32H55BrO4. The summed E-state index contributed by atoms with van der Waals surface area (Å²) in [4.78, 5) is 12.3. The van der Waals surface area contributed by atoms with Crippen molar-refractivity contribution in [2.24, 2.45) is 47.3 Å². The average Bonchev–Trinajstić information content (AvgIpc) is 3.72. The highest BCUT2D eigenvalue weighted by Crippen LogP contribution is 2.54. The van der Waals surface area contributed by atoms with Crippen LogP contribution in [-0.2, 0) is 19.0 Å². The van der Waals surface area contributed by atoms with E-state index >= 15 is 0 Å². The summed E-state index contributed by atoms with van der Waals surface area (Å²) in [6, 6.07) is 0. The van der Waals surface area contributed by atoms with Crippen LogP contribution in [0.4, 0.5) is 0 Å². The summed E-state index contributed by atoms with van der Waals surface area (Å²) in [5.41, 5.74) is 0. The molecular weight excluding hydrogens is 528 g/mol. The van der Waals surface area contributed by atoms with Crippen molar-refractivity contribution in [3.63, 3.8) is 0 Å². The number of alkyl halides is 1. The molecule has 8 unspecified atom stereocenters. The summed E-state index contributed by atoms with van der Waals surface area (Å²) in [6.45, 7) is 6.75. The van der Waals surface area contributed by atoms with Crippen LogP contribution in [0.15, 0.2) is 0 Å². The number of carbonyl (C=O) groups is 1. The Balaban J connectivity index is 1.08. The first-order valence-electron chi connectivity index (χ1n) is 16.1. The maximum atomic E-state index is 12.3. The highest BCUT2D eigenvalue weighted by Gasteiger charge is 2.45. The van der Waals surface area contributed by atoms with Gasteiger partial charge in [0.25, 0.3) is 0 Å². The Morgan fingerprint density at radius 3 is 1.73 bits per heavy atom. The fourth-order valence-electron chi connectivity index (χ4n) is 6.84. The van der Waals surface area contributed by atoms with Crippen molar-refractivity contribution >= 4 is 21.9 Å². The molecule has 0 aliphatic heterocycles. The maximum absolute atomic E-state index is 12.3. The highest BCUT2D eigenvalue weighted by molar-refractivity contribution is 9.09. The lowest BCUT2D eigenvalue weighted by Crippen LogP contribution is -2.21. The predicted octanol–water partition coefficient (Wildman–Crippen LogP) is 8.55. The Bertz CT molecular complexity index is 631. The number of esters is 1. The van der Waals surface area contributed by atoms with Gasteiger partial charge in [0, 0.05) is 11.8 Å². The van der Waals surface area contributed by atoms with E-state index in [1.165, 1.54) is 64.2 Å². The van der Waals surface area contributed by atoms with Gasteiger partial charge in [-0.2, -0.15) is 0 Å². The monoisotopic (exact) mass is 582 g/mol. The smallest absolute Gasteiger partial charge is 0.305 e. The molecule has 4 fully saturated rings. The zero-order chi connectivity index (χ0) is 26.0. The van der Waals surface area contributed by atoms with Gasteiger partial charge in [0.1, 0.15) is 0 Å². The fraction of sp³-hybridized carbons (Fsp3) is 0.969. The number of hydrogen-bond donors (Lipinski definition) is 0. The molecule has 4 nitrogen and oxygen atoms in total. The van der Waals surface area contributed by atoms with E-state index < -0.39 is 0 Å². The third-order valence-corrected chi connectivity index (χ3v) is 10.6. The Morgan fingerprint density at radius 2 is 1.22 bits per heavy atom. The van der Waals surface area contributed by atoms with Crippen molar-refractivity contribution in [1.82, 2.24) is 0 Å². The second-order valence-electron chi connectivity index (χ2n) is 12.9. The SMILES string of the molecule is CCC1CC1CC1CC1CCOC(CCC(=O)OCCCCCCBr)OCCC1CC1CC1CC1CC. The van der Waals surface area contributed by atoms with E-state index in [0.717, 1.165) is 91.6 Å². The van der Waals surface area contributed by atoms with E-state index in [4.69, 9.17) is 14.2 Å². The van der Waals surface area contributed by atoms with Crippen LogP contribution in [0.2, 0.25) is 0 Å². The average molecular weight is 584 g/mol. The molecule has 8 atom stereocenters. The van der Waals surface area contributed by atoms with E-state index in [1.807, 2.05) is 0 Å². The molecule has 0 saturated heterocycles. The van der Waals surface area contributed by atoms with E-state index in [0.29, 0.717) is 19.4 Å². The first-order valence-corrected chi connectivity index (χ1v) is 17.2. The van der Waals surface area contributed by atoms with Crippen molar-refractivity contribution in [1.29, 1.82) is 0 Å². The number of halogens is 1. The van der Waals surface area contributed by atoms with Crippen LogP contribution in [0.1, 0.15) is 117 Å². The first kappa shape index (κ1) is 29.8.